The summed E-state index contributed by atoms with van der Waals surface area (Å²) >= 11 is 0. The molecule has 3 aromatic rings. The van der Waals surface area contributed by atoms with E-state index in [4.69, 9.17) is 4.52 Å². The number of hydrogen-bond acceptors (Lipinski definition) is 4. The molecule has 3 rings (SSSR count). The Morgan fingerprint density at radius 3 is 2.88 bits per heavy atom. The van der Waals surface area contributed by atoms with Gasteiger partial charge in [-0.3, -0.25) is 9.78 Å². The maximum absolute atomic E-state index is 10.9. The number of aldehydes is 1. The number of aromatic nitrogens is 2. The molecule has 2 aromatic heterocycles. The second-order valence-electron chi connectivity index (χ2n) is 3.58. The third-order valence-corrected chi connectivity index (χ3v) is 2.58. The number of nitrogens with zero attached hydrogens (tertiary/aromatic N) is 2. The molecular formula is C13H8N2O2. The van der Waals surface area contributed by atoms with Crippen molar-refractivity contribution in [2.24, 2.45) is 0 Å². The largest absolute Gasteiger partial charge is 0.356 e. The van der Waals surface area contributed by atoms with Crippen LogP contribution in [-0.4, -0.2) is 16.4 Å². The normalized spacial score (nSPS) is 10.6. The van der Waals surface area contributed by atoms with Crippen LogP contribution in [-0.2, 0) is 0 Å². The van der Waals surface area contributed by atoms with Crippen molar-refractivity contribution >= 4 is 17.3 Å². The van der Waals surface area contributed by atoms with Crippen molar-refractivity contribution in [3.8, 4) is 11.3 Å². The molecule has 82 valence electrons. The van der Waals surface area contributed by atoms with Gasteiger partial charge in [0, 0.05) is 17.1 Å². The van der Waals surface area contributed by atoms with E-state index in [9.17, 15) is 4.79 Å². The maximum atomic E-state index is 10.9. The highest BCUT2D eigenvalue weighted by atomic mass is 16.5. The van der Waals surface area contributed by atoms with Crippen molar-refractivity contribution < 1.29 is 9.32 Å². The Kier molecular flexibility index (Phi) is 2.19. The number of rotatable bonds is 2. The van der Waals surface area contributed by atoms with Gasteiger partial charge in [-0.05, 0) is 24.3 Å². The van der Waals surface area contributed by atoms with Gasteiger partial charge in [0.05, 0.1) is 0 Å². The number of fused-ring (bicyclic) bond motifs is 1. The summed E-state index contributed by atoms with van der Waals surface area (Å²) < 4.78 is 5.21. The van der Waals surface area contributed by atoms with E-state index in [1.807, 2.05) is 24.3 Å². The van der Waals surface area contributed by atoms with E-state index in [1.165, 1.54) is 0 Å². The van der Waals surface area contributed by atoms with Gasteiger partial charge >= 0.3 is 0 Å². The summed E-state index contributed by atoms with van der Waals surface area (Å²) in [6.07, 6.45) is 2.30. The van der Waals surface area contributed by atoms with Gasteiger partial charge in [-0.2, -0.15) is 0 Å². The number of carbonyl (C=O) groups is 1. The Balaban J connectivity index is 2.31. The van der Waals surface area contributed by atoms with Crippen LogP contribution >= 0.6 is 0 Å². The van der Waals surface area contributed by atoms with Crippen molar-refractivity contribution in [3.05, 3.63) is 48.3 Å². The molecule has 1 aromatic carbocycles. The molecule has 0 aliphatic rings. The molecule has 0 saturated carbocycles. The summed E-state index contributed by atoms with van der Waals surface area (Å²) in [5.41, 5.74) is 2.40. The Morgan fingerprint density at radius 2 is 2.00 bits per heavy atom. The highest BCUT2D eigenvalue weighted by Gasteiger charge is 2.13. The first-order valence-corrected chi connectivity index (χ1v) is 5.15. The van der Waals surface area contributed by atoms with E-state index in [0.717, 1.165) is 11.7 Å². The van der Waals surface area contributed by atoms with Gasteiger partial charge in [0.25, 0.3) is 0 Å². The van der Waals surface area contributed by atoms with Gasteiger partial charge in [-0.15, -0.1) is 0 Å². The van der Waals surface area contributed by atoms with E-state index in [0.29, 0.717) is 22.5 Å². The molecule has 0 amide bonds. The molecule has 17 heavy (non-hydrogen) atoms. The molecular weight excluding hydrogens is 216 g/mol. The lowest BCUT2D eigenvalue weighted by Crippen LogP contribution is -1.91. The zero-order valence-electron chi connectivity index (χ0n) is 8.83. The summed E-state index contributed by atoms with van der Waals surface area (Å²) in [7, 11) is 0. The van der Waals surface area contributed by atoms with Gasteiger partial charge < -0.3 is 4.52 Å². The molecule has 0 atom stereocenters. The fourth-order valence-corrected chi connectivity index (χ4v) is 1.79. The number of hydrogen-bond donors (Lipinski definition) is 0. The molecule has 2 heterocycles. The predicted molar refractivity (Wildman–Crippen MR) is 62.6 cm³/mol. The van der Waals surface area contributed by atoms with Crippen LogP contribution in [0, 0.1) is 0 Å². The topological polar surface area (TPSA) is 56.0 Å². The first kappa shape index (κ1) is 9.72. The minimum atomic E-state index is 0.367. The minimum absolute atomic E-state index is 0.367. The molecule has 0 bridgehead atoms. The average molecular weight is 224 g/mol. The fourth-order valence-electron chi connectivity index (χ4n) is 1.79. The summed E-state index contributed by atoms with van der Waals surface area (Å²) in [5, 5.41) is 4.88. The van der Waals surface area contributed by atoms with Crippen molar-refractivity contribution in [3.63, 3.8) is 0 Å². The van der Waals surface area contributed by atoms with Crippen LogP contribution in [0.1, 0.15) is 10.5 Å². The number of benzene rings is 1. The second-order valence-corrected chi connectivity index (χ2v) is 3.58. The molecule has 4 heteroatoms. The van der Waals surface area contributed by atoms with Gasteiger partial charge in [0.2, 0.25) is 0 Å². The first-order chi connectivity index (χ1) is 8.40. The molecule has 4 nitrogen and oxygen atoms in total. The SMILES string of the molecule is O=Cc1ncccc1-c1noc2ccccc12. The Bertz CT molecular complexity index is 688. The van der Waals surface area contributed by atoms with Crippen LogP contribution in [0.3, 0.4) is 0 Å². The van der Waals surface area contributed by atoms with E-state index in [-0.39, 0.29) is 0 Å². The van der Waals surface area contributed by atoms with Gasteiger partial charge in [-0.1, -0.05) is 17.3 Å². The van der Waals surface area contributed by atoms with Crippen LogP contribution in [0.25, 0.3) is 22.2 Å². The molecule has 0 saturated heterocycles. The quantitative estimate of drug-likeness (QED) is 0.628. The molecule has 0 fully saturated rings. The zero-order valence-corrected chi connectivity index (χ0v) is 8.83. The summed E-state index contributed by atoms with van der Waals surface area (Å²) in [6, 6.07) is 11.1. The Labute approximate surface area is 96.9 Å². The molecule has 0 unspecified atom stereocenters. The lowest BCUT2D eigenvalue weighted by Gasteiger charge is -1.98. The molecule has 0 aliphatic heterocycles. The highest BCUT2D eigenvalue weighted by molar-refractivity contribution is 5.95. The van der Waals surface area contributed by atoms with Crippen molar-refractivity contribution in [2.75, 3.05) is 0 Å². The fraction of sp³-hybridized carbons (Fsp3) is 0. The summed E-state index contributed by atoms with van der Waals surface area (Å²) in [5.74, 6) is 0. The summed E-state index contributed by atoms with van der Waals surface area (Å²) in [6.45, 7) is 0. The molecule has 0 radical (unpaired) electrons. The number of para-hydroxylation sites is 1. The van der Waals surface area contributed by atoms with Crippen molar-refractivity contribution in [1.82, 2.24) is 10.1 Å². The average Bonchev–Trinajstić information content (AvgIpc) is 2.82. The molecule has 0 aliphatic carbocycles. The second kappa shape index (κ2) is 3.83. The standard InChI is InChI=1S/C13H8N2O2/c16-8-11-9(5-3-7-14-11)13-10-4-1-2-6-12(10)17-15-13/h1-8H. The van der Waals surface area contributed by atoms with Crippen LogP contribution in [0.2, 0.25) is 0 Å². The van der Waals surface area contributed by atoms with E-state index < -0.39 is 0 Å². The summed E-state index contributed by atoms with van der Waals surface area (Å²) in [4.78, 5) is 14.9. The van der Waals surface area contributed by atoms with Crippen LogP contribution in [0.4, 0.5) is 0 Å². The maximum Gasteiger partial charge on any atom is 0.169 e. The Morgan fingerprint density at radius 1 is 1.12 bits per heavy atom. The zero-order chi connectivity index (χ0) is 11.7. The van der Waals surface area contributed by atoms with Gasteiger partial charge in [-0.25, -0.2) is 0 Å². The molecule has 0 N–H and O–H groups in total. The van der Waals surface area contributed by atoms with E-state index in [1.54, 1.807) is 18.3 Å². The minimum Gasteiger partial charge on any atom is -0.356 e. The smallest absolute Gasteiger partial charge is 0.169 e. The monoisotopic (exact) mass is 224 g/mol. The third-order valence-electron chi connectivity index (χ3n) is 2.58. The predicted octanol–water partition coefficient (Wildman–Crippen LogP) is 2.70. The van der Waals surface area contributed by atoms with Crippen molar-refractivity contribution in [1.29, 1.82) is 0 Å². The van der Waals surface area contributed by atoms with Crippen LogP contribution in [0.15, 0.2) is 47.1 Å². The van der Waals surface area contributed by atoms with Crippen molar-refractivity contribution in [2.45, 2.75) is 0 Å². The highest BCUT2D eigenvalue weighted by Crippen LogP contribution is 2.28. The van der Waals surface area contributed by atoms with E-state index in [2.05, 4.69) is 10.1 Å². The van der Waals surface area contributed by atoms with Crippen LogP contribution in [0.5, 0.6) is 0 Å². The van der Waals surface area contributed by atoms with Gasteiger partial charge in [0.15, 0.2) is 11.9 Å². The molecule has 0 spiro atoms. The third kappa shape index (κ3) is 1.50. The van der Waals surface area contributed by atoms with Crippen LogP contribution < -0.4 is 0 Å². The lowest BCUT2D eigenvalue weighted by molar-refractivity contribution is 0.111. The number of pyridine rings is 1. The Hall–Kier alpha value is -2.49. The lowest BCUT2D eigenvalue weighted by atomic mass is 10.1. The van der Waals surface area contributed by atoms with Gasteiger partial charge in [0.1, 0.15) is 11.4 Å². The first-order valence-electron chi connectivity index (χ1n) is 5.15. The van der Waals surface area contributed by atoms with E-state index >= 15 is 0 Å². The number of carbonyl (C=O) groups excluding carboxylic acids is 1.